The first kappa shape index (κ1) is 12.3. The van der Waals surface area contributed by atoms with Crippen LogP contribution in [0.15, 0.2) is 18.2 Å². The van der Waals surface area contributed by atoms with Gasteiger partial charge in [-0.25, -0.2) is 0 Å². The van der Waals surface area contributed by atoms with E-state index < -0.39 is 0 Å². The summed E-state index contributed by atoms with van der Waals surface area (Å²) in [6.07, 6.45) is 3.55. The fourth-order valence-electron chi connectivity index (χ4n) is 2.10. The first-order valence-corrected chi connectivity index (χ1v) is 5.16. The van der Waals surface area contributed by atoms with Crippen LogP contribution in [0.5, 0.6) is 5.75 Å². The van der Waals surface area contributed by atoms with Crippen LogP contribution >= 0.6 is 12.4 Å². The number of aryl methyl sites for hydroxylation is 1. The van der Waals surface area contributed by atoms with Crippen molar-refractivity contribution in [1.82, 2.24) is 5.32 Å². The van der Waals surface area contributed by atoms with Gasteiger partial charge in [0.25, 0.3) is 0 Å². The van der Waals surface area contributed by atoms with E-state index in [-0.39, 0.29) is 12.4 Å². The summed E-state index contributed by atoms with van der Waals surface area (Å²) in [5.74, 6) is 0.978. The third kappa shape index (κ3) is 2.64. The number of methoxy groups -OCH3 is 1. The number of rotatable bonds is 2. The fourth-order valence-corrected chi connectivity index (χ4v) is 2.10. The highest BCUT2D eigenvalue weighted by Crippen LogP contribution is 2.25. The molecule has 1 aromatic carbocycles. The van der Waals surface area contributed by atoms with Gasteiger partial charge in [0.2, 0.25) is 0 Å². The van der Waals surface area contributed by atoms with Gasteiger partial charge in [-0.15, -0.1) is 12.4 Å². The normalized spacial score (nSPS) is 18.9. The number of benzene rings is 1. The Morgan fingerprint density at radius 1 is 1.33 bits per heavy atom. The van der Waals surface area contributed by atoms with Crippen LogP contribution in [0.25, 0.3) is 0 Å². The Bertz CT molecular complexity index is 327. The van der Waals surface area contributed by atoms with Gasteiger partial charge >= 0.3 is 0 Å². The number of nitrogens with one attached hydrogen (secondary N) is 1. The molecule has 0 amide bonds. The first-order chi connectivity index (χ1) is 6.83. The minimum Gasteiger partial charge on any atom is -0.497 e. The number of ether oxygens (including phenoxy) is 1. The van der Waals surface area contributed by atoms with Gasteiger partial charge in [-0.3, -0.25) is 0 Å². The molecule has 0 saturated carbocycles. The van der Waals surface area contributed by atoms with Crippen LogP contribution in [-0.4, -0.2) is 20.2 Å². The van der Waals surface area contributed by atoms with E-state index in [1.807, 2.05) is 7.05 Å². The molecule has 1 aliphatic carbocycles. The smallest absolute Gasteiger partial charge is 0.119 e. The van der Waals surface area contributed by atoms with Gasteiger partial charge in [0.15, 0.2) is 0 Å². The Morgan fingerprint density at radius 2 is 2.13 bits per heavy atom. The Morgan fingerprint density at radius 3 is 2.80 bits per heavy atom. The summed E-state index contributed by atoms with van der Waals surface area (Å²) in [6, 6.07) is 7.06. The highest BCUT2D eigenvalue weighted by atomic mass is 35.5. The lowest BCUT2D eigenvalue weighted by molar-refractivity contribution is 0.412. The second-order valence-corrected chi connectivity index (χ2v) is 3.86. The van der Waals surface area contributed by atoms with E-state index in [1.54, 1.807) is 7.11 Å². The molecule has 0 aromatic heterocycles. The molecule has 0 aliphatic heterocycles. The Hall–Kier alpha value is -0.730. The molecule has 1 unspecified atom stereocenters. The third-order valence-electron chi connectivity index (χ3n) is 3.05. The van der Waals surface area contributed by atoms with Crippen molar-refractivity contribution in [2.45, 2.75) is 25.3 Å². The van der Waals surface area contributed by atoms with Crippen molar-refractivity contribution in [1.29, 1.82) is 0 Å². The van der Waals surface area contributed by atoms with Crippen LogP contribution in [0.3, 0.4) is 0 Å². The monoisotopic (exact) mass is 227 g/mol. The molecular formula is C12H18ClNO. The van der Waals surface area contributed by atoms with E-state index in [1.165, 1.54) is 17.5 Å². The molecule has 15 heavy (non-hydrogen) atoms. The first-order valence-electron chi connectivity index (χ1n) is 5.16. The van der Waals surface area contributed by atoms with Crippen molar-refractivity contribution < 1.29 is 4.74 Å². The molecule has 1 aliphatic rings. The average molecular weight is 228 g/mol. The molecule has 1 N–H and O–H groups in total. The summed E-state index contributed by atoms with van der Waals surface area (Å²) in [5, 5.41) is 3.34. The molecule has 0 spiro atoms. The van der Waals surface area contributed by atoms with Gasteiger partial charge in [-0.2, -0.15) is 0 Å². The van der Waals surface area contributed by atoms with Crippen molar-refractivity contribution in [3.05, 3.63) is 29.3 Å². The number of fused-ring (bicyclic) bond motifs is 1. The maximum atomic E-state index is 5.22. The molecule has 0 radical (unpaired) electrons. The van der Waals surface area contributed by atoms with E-state index in [0.717, 1.165) is 18.6 Å². The van der Waals surface area contributed by atoms with E-state index in [0.29, 0.717) is 6.04 Å². The van der Waals surface area contributed by atoms with Crippen molar-refractivity contribution in [2.75, 3.05) is 14.2 Å². The lowest BCUT2D eigenvalue weighted by atomic mass is 9.88. The molecule has 0 fully saturated rings. The highest BCUT2D eigenvalue weighted by molar-refractivity contribution is 5.85. The van der Waals surface area contributed by atoms with E-state index in [4.69, 9.17) is 4.74 Å². The van der Waals surface area contributed by atoms with Crippen molar-refractivity contribution in [3.63, 3.8) is 0 Å². The zero-order valence-corrected chi connectivity index (χ0v) is 10.1. The van der Waals surface area contributed by atoms with Crippen LogP contribution < -0.4 is 10.1 Å². The molecule has 2 rings (SSSR count). The molecule has 0 saturated heterocycles. The Labute approximate surface area is 97.4 Å². The minimum absolute atomic E-state index is 0. The van der Waals surface area contributed by atoms with Crippen LogP contribution in [0.2, 0.25) is 0 Å². The molecule has 1 atom stereocenters. The van der Waals surface area contributed by atoms with E-state index in [2.05, 4.69) is 23.5 Å². The molecule has 2 nitrogen and oxygen atoms in total. The van der Waals surface area contributed by atoms with Crippen LogP contribution in [0.1, 0.15) is 17.5 Å². The average Bonchev–Trinajstić information content (AvgIpc) is 2.27. The summed E-state index contributed by atoms with van der Waals surface area (Å²) in [5.41, 5.74) is 2.92. The summed E-state index contributed by atoms with van der Waals surface area (Å²) < 4.78 is 5.22. The van der Waals surface area contributed by atoms with Gasteiger partial charge in [-0.1, -0.05) is 6.07 Å². The number of hydrogen-bond acceptors (Lipinski definition) is 2. The summed E-state index contributed by atoms with van der Waals surface area (Å²) in [7, 11) is 3.76. The van der Waals surface area contributed by atoms with Crippen LogP contribution in [0.4, 0.5) is 0 Å². The molecular weight excluding hydrogens is 210 g/mol. The molecule has 1 aromatic rings. The molecule has 0 bridgehead atoms. The van der Waals surface area contributed by atoms with Gasteiger partial charge in [0, 0.05) is 6.04 Å². The highest BCUT2D eigenvalue weighted by Gasteiger charge is 2.17. The van der Waals surface area contributed by atoms with Crippen LogP contribution in [-0.2, 0) is 12.8 Å². The Balaban J connectivity index is 0.00000112. The van der Waals surface area contributed by atoms with Crippen molar-refractivity contribution >= 4 is 12.4 Å². The molecule has 0 heterocycles. The quantitative estimate of drug-likeness (QED) is 0.837. The van der Waals surface area contributed by atoms with Gasteiger partial charge in [0.1, 0.15) is 5.75 Å². The zero-order valence-electron chi connectivity index (χ0n) is 9.25. The lowest BCUT2D eigenvalue weighted by Crippen LogP contribution is -2.31. The zero-order chi connectivity index (χ0) is 9.97. The summed E-state index contributed by atoms with van der Waals surface area (Å²) in [6.45, 7) is 0. The third-order valence-corrected chi connectivity index (χ3v) is 3.05. The maximum absolute atomic E-state index is 5.22. The second kappa shape index (κ2) is 5.38. The summed E-state index contributed by atoms with van der Waals surface area (Å²) in [4.78, 5) is 0. The maximum Gasteiger partial charge on any atom is 0.119 e. The topological polar surface area (TPSA) is 21.3 Å². The second-order valence-electron chi connectivity index (χ2n) is 3.86. The fraction of sp³-hybridized carbons (Fsp3) is 0.500. The molecule has 84 valence electrons. The predicted molar refractivity (Wildman–Crippen MR) is 65.1 cm³/mol. The number of likely N-dealkylation sites (N-methyl/N-ethyl adjacent to an activating group) is 1. The summed E-state index contributed by atoms with van der Waals surface area (Å²) >= 11 is 0. The number of halogens is 1. The van der Waals surface area contributed by atoms with Gasteiger partial charge in [-0.05, 0) is 49.6 Å². The van der Waals surface area contributed by atoms with E-state index in [9.17, 15) is 0 Å². The number of hydrogen-bond donors (Lipinski definition) is 1. The molecule has 3 heteroatoms. The van der Waals surface area contributed by atoms with Crippen molar-refractivity contribution in [2.24, 2.45) is 0 Å². The van der Waals surface area contributed by atoms with Crippen LogP contribution in [0, 0.1) is 0 Å². The lowest BCUT2D eigenvalue weighted by Gasteiger charge is -2.24. The SMILES string of the molecule is CNC1CCc2cc(OC)ccc2C1.Cl. The van der Waals surface area contributed by atoms with Crippen molar-refractivity contribution in [3.8, 4) is 5.75 Å². The Kier molecular flexibility index (Phi) is 4.43. The largest absolute Gasteiger partial charge is 0.497 e. The van der Waals surface area contributed by atoms with Gasteiger partial charge in [0.05, 0.1) is 7.11 Å². The van der Waals surface area contributed by atoms with E-state index >= 15 is 0 Å². The minimum atomic E-state index is 0. The van der Waals surface area contributed by atoms with Gasteiger partial charge < -0.3 is 10.1 Å². The predicted octanol–water partition coefficient (Wildman–Crippen LogP) is 2.19. The standard InChI is InChI=1S/C12H17NO.ClH/c1-13-11-5-3-10-8-12(14-2)6-4-9(10)7-11;/h4,6,8,11,13H,3,5,7H2,1-2H3;1H.